The quantitative estimate of drug-likeness (QED) is 0.490. The third-order valence-corrected chi connectivity index (χ3v) is 3.16. The maximum absolute atomic E-state index is 8.86. The van der Waals surface area contributed by atoms with E-state index in [0.717, 1.165) is 6.54 Å². The van der Waals surface area contributed by atoms with Crippen LogP contribution in [0.4, 0.5) is 0 Å². The highest BCUT2D eigenvalue weighted by atomic mass is 16.3. The molecule has 0 aromatic carbocycles. The number of hydrogen-bond acceptors (Lipinski definition) is 3. The van der Waals surface area contributed by atoms with E-state index in [0.29, 0.717) is 13.1 Å². The number of hydrogen-bond donors (Lipinski definition) is 2. The lowest BCUT2D eigenvalue weighted by Gasteiger charge is -2.19. The number of nitrogens with zero attached hydrogens (tertiary/aromatic N) is 1. The van der Waals surface area contributed by atoms with Gasteiger partial charge in [-0.3, -0.25) is 4.90 Å². The fraction of sp³-hybridized carbons (Fsp3) is 1.00. The summed E-state index contributed by atoms with van der Waals surface area (Å²) in [5.41, 5.74) is 0. The lowest BCUT2D eigenvalue weighted by Crippen LogP contribution is -2.30. The Bertz CT molecular complexity index is 136. The van der Waals surface area contributed by atoms with E-state index >= 15 is 0 Å². The zero-order valence-electron chi connectivity index (χ0n) is 11.5. The summed E-state index contributed by atoms with van der Waals surface area (Å²) in [7, 11) is 0. The minimum absolute atomic E-state index is 0.191. The Kier molecular flexibility index (Phi) is 13.8. The second-order valence-corrected chi connectivity index (χ2v) is 4.76. The first kappa shape index (κ1) is 16.9. The first-order valence-electron chi connectivity index (χ1n) is 7.29. The van der Waals surface area contributed by atoms with Crippen LogP contribution in [0, 0.1) is 0 Å². The fourth-order valence-corrected chi connectivity index (χ4v) is 2.09. The molecule has 0 aliphatic heterocycles. The zero-order valence-corrected chi connectivity index (χ0v) is 11.5. The third-order valence-electron chi connectivity index (χ3n) is 3.16. The molecule has 0 heterocycles. The summed E-state index contributed by atoms with van der Waals surface area (Å²) >= 11 is 0. The molecule has 0 unspecified atom stereocenters. The van der Waals surface area contributed by atoms with Gasteiger partial charge in [-0.05, 0) is 13.0 Å². The molecule has 0 aliphatic carbocycles. The Morgan fingerprint density at radius 3 is 1.59 bits per heavy atom. The van der Waals surface area contributed by atoms with Crippen LogP contribution < -0.4 is 0 Å². The molecule has 0 aromatic heterocycles. The molecule has 104 valence electrons. The molecule has 3 heteroatoms. The average Bonchev–Trinajstić information content (AvgIpc) is 2.33. The molecule has 0 atom stereocenters. The summed E-state index contributed by atoms with van der Waals surface area (Å²) in [4.78, 5) is 2.14. The molecule has 0 saturated heterocycles. The summed E-state index contributed by atoms with van der Waals surface area (Å²) in [5.74, 6) is 0. The average molecular weight is 245 g/mol. The predicted octanol–water partition coefficient (Wildman–Crippen LogP) is 2.41. The monoisotopic (exact) mass is 245 g/mol. The van der Waals surface area contributed by atoms with Gasteiger partial charge in [0.05, 0.1) is 13.2 Å². The van der Waals surface area contributed by atoms with Crippen LogP contribution >= 0.6 is 0 Å². The Morgan fingerprint density at radius 2 is 1.12 bits per heavy atom. The van der Waals surface area contributed by atoms with E-state index in [1.807, 2.05) is 0 Å². The van der Waals surface area contributed by atoms with Crippen molar-refractivity contribution < 1.29 is 10.2 Å². The van der Waals surface area contributed by atoms with Gasteiger partial charge in [0.2, 0.25) is 0 Å². The summed E-state index contributed by atoms with van der Waals surface area (Å²) in [5, 5.41) is 17.7. The van der Waals surface area contributed by atoms with E-state index in [4.69, 9.17) is 10.2 Å². The van der Waals surface area contributed by atoms with Gasteiger partial charge in [-0.1, -0.05) is 51.9 Å². The largest absolute Gasteiger partial charge is 0.395 e. The molecular formula is C14H31NO2. The van der Waals surface area contributed by atoms with E-state index in [-0.39, 0.29) is 13.2 Å². The first-order valence-corrected chi connectivity index (χ1v) is 7.29. The summed E-state index contributed by atoms with van der Waals surface area (Å²) < 4.78 is 0. The van der Waals surface area contributed by atoms with Crippen molar-refractivity contribution in [1.82, 2.24) is 4.90 Å². The Labute approximate surface area is 107 Å². The highest BCUT2D eigenvalue weighted by Crippen LogP contribution is 2.08. The first-order chi connectivity index (χ1) is 8.35. The van der Waals surface area contributed by atoms with Gasteiger partial charge in [-0.2, -0.15) is 0 Å². The standard InChI is InChI=1S/C14H31NO2/c1-2-3-4-5-6-7-8-9-10-15(11-13-16)12-14-17/h16-17H,2-14H2,1H3. The molecule has 0 fully saturated rings. The van der Waals surface area contributed by atoms with Crippen molar-refractivity contribution in [3.8, 4) is 0 Å². The Morgan fingerprint density at radius 1 is 0.647 bits per heavy atom. The van der Waals surface area contributed by atoms with Crippen LogP contribution in [0.5, 0.6) is 0 Å². The van der Waals surface area contributed by atoms with E-state index in [1.165, 1.54) is 51.4 Å². The SMILES string of the molecule is CCCCCCCCCCN(CCO)CCO. The van der Waals surface area contributed by atoms with Crippen LogP contribution in [0.1, 0.15) is 58.3 Å². The maximum atomic E-state index is 8.86. The van der Waals surface area contributed by atoms with Gasteiger partial charge in [0, 0.05) is 13.1 Å². The van der Waals surface area contributed by atoms with Crippen molar-refractivity contribution in [1.29, 1.82) is 0 Å². The van der Waals surface area contributed by atoms with Gasteiger partial charge in [0.1, 0.15) is 0 Å². The molecule has 0 aromatic rings. The Hall–Kier alpha value is -0.120. The second-order valence-electron chi connectivity index (χ2n) is 4.76. The predicted molar refractivity (Wildman–Crippen MR) is 73.2 cm³/mol. The maximum Gasteiger partial charge on any atom is 0.0558 e. The number of aliphatic hydroxyl groups is 2. The van der Waals surface area contributed by atoms with Gasteiger partial charge in [-0.15, -0.1) is 0 Å². The third kappa shape index (κ3) is 12.1. The van der Waals surface area contributed by atoms with Gasteiger partial charge in [-0.25, -0.2) is 0 Å². The van der Waals surface area contributed by atoms with Crippen molar-refractivity contribution in [2.75, 3.05) is 32.8 Å². The van der Waals surface area contributed by atoms with Crippen molar-refractivity contribution in [3.05, 3.63) is 0 Å². The van der Waals surface area contributed by atoms with Crippen molar-refractivity contribution >= 4 is 0 Å². The smallest absolute Gasteiger partial charge is 0.0558 e. The zero-order chi connectivity index (χ0) is 12.8. The van der Waals surface area contributed by atoms with Crippen molar-refractivity contribution in [2.45, 2.75) is 58.3 Å². The van der Waals surface area contributed by atoms with Crippen LogP contribution in [0.3, 0.4) is 0 Å². The van der Waals surface area contributed by atoms with E-state index in [1.54, 1.807) is 0 Å². The molecule has 0 saturated carbocycles. The minimum atomic E-state index is 0.191. The summed E-state index contributed by atoms with van der Waals surface area (Å²) in [6, 6.07) is 0. The van der Waals surface area contributed by atoms with Gasteiger partial charge in [0.15, 0.2) is 0 Å². The van der Waals surface area contributed by atoms with Crippen LogP contribution in [-0.4, -0.2) is 48.0 Å². The van der Waals surface area contributed by atoms with Gasteiger partial charge >= 0.3 is 0 Å². The normalized spacial score (nSPS) is 11.3. The molecular weight excluding hydrogens is 214 g/mol. The van der Waals surface area contributed by atoms with E-state index < -0.39 is 0 Å². The molecule has 17 heavy (non-hydrogen) atoms. The van der Waals surface area contributed by atoms with Crippen molar-refractivity contribution in [3.63, 3.8) is 0 Å². The van der Waals surface area contributed by atoms with Crippen LogP contribution in [-0.2, 0) is 0 Å². The van der Waals surface area contributed by atoms with E-state index in [2.05, 4.69) is 11.8 Å². The topological polar surface area (TPSA) is 43.7 Å². The molecule has 0 bridgehead atoms. The van der Waals surface area contributed by atoms with E-state index in [9.17, 15) is 0 Å². The number of unbranched alkanes of at least 4 members (excludes halogenated alkanes) is 7. The highest BCUT2D eigenvalue weighted by Gasteiger charge is 2.02. The van der Waals surface area contributed by atoms with Crippen LogP contribution in [0.2, 0.25) is 0 Å². The summed E-state index contributed by atoms with van der Waals surface area (Å²) in [6.45, 7) is 5.02. The Balaban J connectivity index is 3.23. The molecule has 2 N–H and O–H groups in total. The highest BCUT2D eigenvalue weighted by molar-refractivity contribution is 4.57. The lowest BCUT2D eigenvalue weighted by molar-refractivity contribution is 0.159. The summed E-state index contributed by atoms with van der Waals surface area (Å²) in [6.07, 6.45) is 10.6. The van der Waals surface area contributed by atoms with Crippen molar-refractivity contribution in [2.24, 2.45) is 0 Å². The molecule has 0 radical (unpaired) electrons. The molecule has 0 aliphatic rings. The minimum Gasteiger partial charge on any atom is -0.395 e. The number of aliphatic hydroxyl groups excluding tert-OH is 2. The van der Waals surface area contributed by atoms with Crippen LogP contribution in [0.25, 0.3) is 0 Å². The molecule has 0 spiro atoms. The molecule has 3 nitrogen and oxygen atoms in total. The molecule has 0 rings (SSSR count). The lowest BCUT2D eigenvalue weighted by atomic mass is 10.1. The second kappa shape index (κ2) is 13.9. The molecule has 0 amide bonds. The fourth-order valence-electron chi connectivity index (χ4n) is 2.09. The number of rotatable bonds is 13. The van der Waals surface area contributed by atoms with Crippen LogP contribution in [0.15, 0.2) is 0 Å². The van der Waals surface area contributed by atoms with Gasteiger partial charge in [0.25, 0.3) is 0 Å². The van der Waals surface area contributed by atoms with Gasteiger partial charge < -0.3 is 10.2 Å².